The van der Waals surface area contributed by atoms with E-state index in [0.29, 0.717) is 6.42 Å². The van der Waals surface area contributed by atoms with E-state index in [1.54, 1.807) is 0 Å². The molecule has 5 heteroatoms. The van der Waals surface area contributed by atoms with Gasteiger partial charge >= 0.3 is 5.97 Å². The van der Waals surface area contributed by atoms with Crippen molar-refractivity contribution in [3.8, 4) is 0 Å². The third-order valence-corrected chi connectivity index (χ3v) is 3.01. The van der Waals surface area contributed by atoms with Gasteiger partial charge in [-0.15, -0.1) is 0 Å². The Morgan fingerprint density at radius 2 is 2.11 bits per heavy atom. The van der Waals surface area contributed by atoms with Crippen molar-refractivity contribution in [1.29, 1.82) is 0 Å². The van der Waals surface area contributed by atoms with Gasteiger partial charge in [-0.25, -0.2) is 4.79 Å². The summed E-state index contributed by atoms with van der Waals surface area (Å²) < 4.78 is 4.47. The second-order valence-corrected chi connectivity index (χ2v) is 4.38. The molecule has 1 heterocycles. The molecule has 1 aromatic carbocycles. The summed E-state index contributed by atoms with van der Waals surface area (Å²) in [7, 11) is 1.17. The molecule has 0 aliphatic carbocycles. The van der Waals surface area contributed by atoms with Crippen molar-refractivity contribution in [1.82, 2.24) is 5.32 Å². The highest BCUT2D eigenvalue weighted by molar-refractivity contribution is 6.17. The number of methoxy groups -OCH3 is 1. The van der Waals surface area contributed by atoms with E-state index < -0.39 is 11.9 Å². The van der Waals surface area contributed by atoms with E-state index in [2.05, 4.69) is 10.1 Å². The van der Waals surface area contributed by atoms with Crippen LogP contribution in [-0.4, -0.2) is 30.1 Å². The molecule has 1 atom stereocenters. The number of hydrogen-bond acceptors (Lipinski definition) is 4. The molecule has 0 radical (unpaired) electrons. The van der Waals surface area contributed by atoms with E-state index in [-0.39, 0.29) is 23.8 Å². The first-order chi connectivity index (χ1) is 9.11. The van der Waals surface area contributed by atoms with Crippen LogP contribution < -0.4 is 5.32 Å². The third-order valence-electron chi connectivity index (χ3n) is 3.01. The van der Waals surface area contributed by atoms with E-state index in [1.807, 2.05) is 30.3 Å². The summed E-state index contributed by atoms with van der Waals surface area (Å²) in [6.07, 6.45) is 0.830. The molecule has 0 aromatic heterocycles. The zero-order valence-electron chi connectivity index (χ0n) is 10.6. The number of esters is 1. The fraction of sp³-hybridized carbons (Fsp3) is 0.286. The number of rotatable bonds is 3. The van der Waals surface area contributed by atoms with E-state index in [9.17, 15) is 14.7 Å². The molecule has 1 aromatic rings. The summed E-state index contributed by atoms with van der Waals surface area (Å²) in [5, 5.41) is 12.5. The smallest absolute Gasteiger partial charge is 0.346 e. The highest BCUT2D eigenvalue weighted by atomic mass is 16.5. The minimum Gasteiger partial charge on any atom is -0.511 e. The summed E-state index contributed by atoms with van der Waals surface area (Å²) in [4.78, 5) is 23.1. The van der Waals surface area contributed by atoms with E-state index in [4.69, 9.17) is 0 Å². The lowest BCUT2D eigenvalue weighted by atomic mass is 9.96. The fourth-order valence-corrected chi connectivity index (χ4v) is 2.11. The second kappa shape index (κ2) is 5.56. The number of aliphatic hydroxyl groups is 1. The average Bonchev–Trinajstić information content (AvgIpc) is 2.38. The monoisotopic (exact) mass is 261 g/mol. The van der Waals surface area contributed by atoms with Crippen LogP contribution in [-0.2, 0) is 20.7 Å². The Balaban J connectivity index is 2.12. The van der Waals surface area contributed by atoms with Crippen molar-refractivity contribution in [2.75, 3.05) is 7.11 Å². The molecular weight excluding hydrogens is 246 g/mol. The maximum absolute atomic E-state index is 11.8. The second-order valence-electron chi connectivity index (χ2n) is 4.38. The summed E-state index contributed by atoms with van der Waals surface area (Å²) >= 11 is 0. The molecule has 0 bridgehead atoms. The van der Waals surface area contributed by atoms with Gasteiger partial charge in [-0.1, -0.05) is 30.3 Å². The summed E-state index contributed by atoms with van der Waals surface area (Å²) in [5.41, 5.74) is 0.758. The quantitative estimate of drug-likeness (QED) is 0.631. The van der Waals surface area contributed by atoms with Crippen LogP contribution in [0, 0.1) is 0 Å². The molecule has 0 fully saturated rings. The number of carbonyl (C=O) groups excluding carboxylic acids is 2. The first kappa shape index (κ1) is 13.1. The molecule has 1 amide bonds. The SMILES string of the molecule is COC(=O)C1=C(O)C[C@@H](Cc2ccccc2)NC1=O. The number of amides is 1. The first-order valence-corrected chi connectivity index (χ1v) is 5.97. The van der Waals surface area contributed by atoms with Gasteiger partial charge in [-0.3, -0.25) is 4.79 Å². The average molecular weight is 261 g/mol. The predicted octanol–water partition coefficient (Wildman–Crippen LogP) is 1.10. The summed E-state index contributed by atoms with van der Waals surface area (Å²) in [6.45, 7) is 0. The van der Waals surface area contributed by atoms with Crippen molar-refractivity contribution in [3.63, 3.8) is 0 Å². The Bertz CT molecular complexity index is 522. The Hall–Kier alpha value is -2.30. The molecule has 2 rings (SSSR count). The molecular formula is C14H15NO4. The van der Waals surface area contributed by atoms with Crippen LogP contribution in [0.4, 0.5) is 0 Å². The van der Waals surface area contributed by atoms with Gasteiger partial charge in [0.2, 0.25) is 0 Å². The molecule has 5 nitrogen and oxygen atoms in total. The molecule has 0 saturated heterocycles. The molecule has 0 unspecified atom stereocenters. The molecule has 1 aliphatic rings. The number of aliphatic hydroxyl groups excluding tert-OH is 1. The lowest BCUT2D eigenvalue weighted by Crippen LogP contribution is -2.43. The maximum atomic E-state index is 11.8. The van der Waals surface area contributed by atoms with Crippen LogP contribution in [0.1, 0.15) is 12.0 Å². The van der Waals surface area contributed by atoms with Gasteiger partial charge in [0.25, 0.3) is 5.91 Å². The largest absolute Gasteiger partial charge is 0.511 e. The van der Waals surface area contributed by atoms with Crippen molar-refractivity contribution in [2.45, 2.75) is 18.9 Å². The predicted molar refractivity (Wildman–Crippen MR) is 68.4 cm³/mol. The molecule has 1 aliphatic heterocycles. The minimum absolute atomic E-state index is 0.212. The van der Waals surface area contributed by atoms with Crippen molar-refractivity contribution < 1.29 is 19.4 Å². The van der Waals surface area contributed by atoms with Gasteiger partial charge in [-0.2, -0.15) is 0 Å². The Kier molecular flexibility index (Phi) is 3.85. The Morgan fingerprint density at radius 1 is 1.42 bits per heavy atom. The van der Waals surface area contributed by atoms with Gasteiger partial charge < -0.3 is 15.2 Å². The van der Waals surface area contributed by atoms with Crippen LogP contribution in [0.5, 0.6) is 0 Å². The standard InChI is InChI=1S/C14H15NO4/c1-19-14(18)12-11(16)8-10(15-13(12)17)7-9-5-3-2-4-6-9/h2-6,10,16H,7-8H2,1H3,(H,15,17)/t10-/m1/s1. The van der Waals surface area contributed by atoms with Gasteiger partial charge in [0.1, 0.15) is 5.76 Å². The lowest BCUT2D eigenvalue weighted by molar-refractivity contribution is -0.138. The number of nitrogens with one attached hydrogen (secondary N) is 1. The van der Waals surface area contributed by atoms with Crippen LogP contribution in [0.2, 0.25) is 0 Å². The summed E-state index contributed by atoms with van der Waals surface area (Å²) in [6, 6.07) is 9.41. The molecule has 0 saturated carbocycles. The van der Waals surface area contributed by atoms with Crippen LogP contribution in [0.3, 0.4) is 0 Å². The first-order valence-electron chi connectivity index (χ1n) is 5.97. The summed E-state index contributed by atoms with van der Waals surface area (Å²) in [5.74, 6) is -1.61. The van der Waals surface area contributed by atoms with Gasteiger partial charge in [0, 0.05) is 12.5 Å². The lowest BCUT2D eigenvalue weighted by Gasteiger charge is -2.24. The highest BCUT2D eigenvalue weighted by Gasteiger charge is 2.32. The van der Waals surface area contributed by atoms with Gasteiger partial charge in [0.05, 0.1) is 7.11 Å². The van der Waals surface area contributed by atoms with Crippen LogP contribution in [0.25, 0.3) is 0 Å². The van der Waals surface area contributed by atoms with E-state index in [1.165, 1.54) is 7.11 Å². The number of hydrogen-bond donors (Lipinski definition) is 2. The zero-order chi connectivity index (χ0) is 13.8. The Morgan fingerprint density at radius 3 is 2.68 bits per heavy atom. The number of carbonyl (C=O) groups is 2. The molecule has 2 N–H and O–H groups in total. The van der Waals surface area contributed by atoms with Crippen LogP contribution in [0.15, 0.2) is 41.7 Å². The molecule has 19 heavy (non-hydrogen) atoms. The normalized spacial score (nSPS) is 19.0. The van der Waals surface area contributed by atoms with Crippen molar-refractivity contribution in [2.24, 2.45) is 0 Å². The van der Waals surface area contributed by atoms with Gasteiger partial charge in [-0.05, 0) is 12.0 Å². The highest BCUT2D eigenvalue weighted by Crippen LogP contribution is 2.19. The van der Waals surface area contributed by atoms with Crippen molar-refractivity contribution in [3.05, 3.63) is 47.2 Å². The number of benzene rings is 1. The molecule has 0 spiro atoms. The minimum atomic E-state index is -0.812. The van der Waals surface area contributed by atoms with Crippen molar-refractivity contribution >= 4 is 11.9 Å². The fourth-order valence-electron chi connectivity index (χ4n) is 2.11. The van der Waals surface area contributed by atoms with E-state index in [0.717, 1.165) is 5.56 Å². The molecule has 100 valence electrons. The third kappa shape index (κ3) is 2.93. The van der Waals surface area contributed by atoms with E-state index >= 15 is 0 Å². The zero-order valence-corrected chi connectivity index (χ0v) is 10.6. The topological polar surface area (TPSA) is 75.6 Å². The Labute approximate surface area is 110 Å². The maximum Gasteiger partial charge on any atom is 0.346 e. The number of ether oxygens (including phenoxy) is 1. The van der Waals surface area contributed by atoms with Crippen LogP contribution >= 0.6 is 0 Å². The van der Waals surface area contributed by atoms with Gasteiger partial charge in [0.15, 0.2) is 5.57 Å².